The van der Waals surface area contributed by atoms with Gasteiger partial charge in [0.25, 0.3) is 0 Å². The van der Waals surface area contributed by atoms with E-state index in [1.54, 1.807) is 0 Å². The first-order valence-corrected chi connectivity index (χ1v) is 2.89. The summed E-state index contributed by atoms with van der Waals surface area (Å²) in [6, 6.07) is 0. The molecule has 0 spiro atoms. The summed E-state index contributed by atoms with van der Waals surface area (Å²) in [5, 5.41) is 1.90. The molecule has 0 aromatic carbocycles. The molecular formula is C6H5F4N. The summed E-state index contributed by atoms with van der Waals surface area (Å²) in [7, 11) is 0. The monoisotopic (exact) mass is 167 g/mol. The lowest BCUT2D eigenvalue weighted by molar-refractivity contribution is -0.0984. The van der Waals surface area contributed by atoms with Crippen LogP contribution in [0.1, 0.15) is 0 Å². The fourth-order valence-corrected chi connectivity index (χ4v) is 0.727. The van der Waals surface area contributed by atoms with Crippen molar-refractivity contribution in [2.24, 2.45) is 0 Å². The predicted octanol–water partition coefficient (Wildman–Crippen LogP) is 1.89. The largest absolute Gasteiger partial charge is 0.433 e. The topological polar surface area (TPSA) is 12.0 Å². The molecule has 1 N–H and O–H groups in total. The molecule has 11 heavy (non-hydrogen) atoms. The van der Waals surface area contributed by atoms with Gasteiger partial charge in [0, 0.05) is 6.54 Å². The van der Waals surface area contributed by atoms with E-state index in [0.717, 1.165) is 6.08 Å². The zero-order valence-electron chi connectivity index (χ0n) is 5.37. The average molecular weight is 167 g/mol. The fourth-order valence-electron chi connectivity index (χ4n) is 0.727. The predicted molar refractivity (Wildman–Crippen MR) is 31.3 cm³/mol. The zero-order chi connectivity index (χ0) is 8.48. The lowest BCUT2D eigenvalue weighted by Gasteiger charge is -2.15. The van der Waals surface area contributed by atoms with Crippen molar-refractivity contribution in [1.82, 2.24) is 5.32 Å². The third kappa shape index (κ3) is 1.72. The molecule has 0 saturated heterocycles. The maximum absolute atomic E-state index is 12.4. The van der Waals surface area contributed by atoms with Gasteiger partial charge in [0.1, 0.15) is 0 Å². The minimum atomic E-state index is -4.62. The lowest BCUT2D eigenvalue weighted by Crippen LogP contribution is -2.29. The van der Waals surface area contributed by atoms with E-state index in [0.29, 0.717) is 0 Å². The molecule has 0 atom stereocenters. The summed E-state index contributed by atoms with van der Waals surface area (Å²) in [6.07, 6.45) is -2.53. The summed E-state index contributed by atoms with van der Waals surface area (Å²) in [6.45, 7) is 0.0161. The molecule has 0 unspecified atom stereocenters. The second kappa shape index (κ2) is 2.56. The number of allylic oxidation sites excluding steroid dienone is 3. The minimum absolute atomic E-state index is 0.0161. The Morgan fingerprint density at radius 2 is 2.00 bits per heavy atom. The standard InChI is InChI=1S/C6H5F4N/c7-4-2-1-3-11-5(4)6(8,9)10/h1-2,11H,3H2. The van der Waals surface area contributed by atoms with E-state index in [-0.39, 0.29) is 6.54 Å². The van der Waals surface area contributed by atoms with Crippen LogP contribution in [0.25, 0.3) is 0 Å². The van der Waals surface area contributed by atoms with Crippen LogP contribution >= 0.6 is 0 Å². The van der Waals surface area contributed by atoms with Crippen molar-refractivity contribution in [2.45, 2.75) is 6.18 Å². The number of halogens is 4. The number of hydrogen-bond donors (Lipinski definition) is 1. The summed E-state index contributed by atoms with van der Waals surface area (Å²) in [5.41, 5.74) is -1.29. The molecule has 1 aliphatic heterocycles. The Bertz CT molecular complexity index is 213. The van der Waals surface area contributed by atoms with Crippen molar-refractivity contribution < 1.29 is 17.6 Å². The van der Waals surface area contributed by atoms with Gasteiger partial charge in [-0.05, 0) is 6.08 Å². The summed E-state index contributed by atoms with van der Waals surface area (Å²) in [4.78, 5) is 0. The Balaban J connectivity index is 2.93. The molecular weight excluding hydrogens is 162 g/mol. The molecule has 0 fully saturated rings. The Labute approximate surface area is 60.4 Å². The Morgan fingerprint density at radius 1 is 1.36 bits per heavy atom. The van der Waals surface area contributed by atoms with Gasteiger partial charge < -0.3 is 5.32 Å². The Hall–Kier alpha value is -1.00. The highest BCUT2D eigenvalue weighted by atomic mass is 19.4. The number of alkyl halides is 3. The molecule has 0 bridgehead atoms. The molecule has 1 heterocycles. The van der Waals surface area contributed by atoms with Gasteiger partial charge >= 0.3 is 6.18 Å². The molecule has 0 amide bonds. The molecule has 62 valence electrons. The third-order valence-electron chi connectivity index (χ3n) is 1.18. The maximum Gasteiger partial charge on any atom is 0.433 e. The highest BCUT2D eigenvalue weighted by molar-refractivity contribution is 5.26. The smallest absolute Gasteiger partial charge is 0.375 e. The Morgan fingerprint density at radius 3 is 2.36 bits per heavy atom. The molecule has 0 radical (unpaired) electrons. The van der Waals surface area contributed by atoms with E-state index in [1.807, 2.05) is 5.32 Å². The second-order valence-electron chi connectivity index (χ2n) is 2.00. The molecule has 0 aromatic rings. The van der Waals surface area contributed by atoms with Crippen molar-refractivity contribution in [1.29, 1.82) is 0 Å². The first-order valence-electron chi connectivity index (χ1n) is 2.89. The SMILES string of the molecule is FC1=C(C(F)(F)F)NCC=C1. The summed E-state index contributed by atoms with van der Waals surface area (Å²) in [5.74, 6) is -1.26. The van der Waals surface area contributed by atoms with Crippen molar-refractivity contribution in [2.75, 3.05) is 6.54 Å². The molecule has 0 aliphatic carbocycles. The van der Waals surface area contributed by atoms with Crippen LogP contribution in [0, 0.1) is 0 Å². The number of dihydropyridines is 1. The van der Waals surface area contributed by atoms with Gasteiger partial charge in [-0.2, -0.15) is 13.2 Å². The quantitative estimate of drug-likeness (QED) is 0.543. The minimum Gasteiger partial charge on any atom is -0.375 e. The van der Waals surface area contributed by atoms with E-state index in [1.165, 1.54) is 6.08 Å². The van der Waals surface area contributed by atoms with Crippen LogP contribution in [0.5, 0.6) is 0 Å². The van der Waals surface area contributed by atoms with E-state index < -0.39 is 17.7 Å². The summed E-state index contributed by atoms with van der Waals surface area (Å²) >= 11 is 0. The van der Waals surface area contributed by atoms with Crippen LogP contribution in [0.4, 0.5) is 17.6 Å². The molecule has 0 saturated carbocycles. The van der Waals surface area contributed by atoms with Crippen LogP contribution < -0.4 is 5.32 Å². The number of hydrogen-bond acceptors (Lipinski definition) is 1. The normalized spacial score (nSPS) is 18.5. The second-order valence-corrected chi connectivity index (χ2v) is 2.00. The third-order valence-corrected chi connectivity index (χ3v) is 1.18. The van der Waals surface area contributed by atoms with Crippen molar-refractivity contribution >= 4 is 0 Å². The number of rotatable bonds is 0. The average Bonchev–Trinajstić information content (AvgIpc) is 1.86. The molecule has 0 aromatic heterocycles. The van der Waals surface area contributed by atoms with Crippen LogP contribution in [0.15, 0.2) is 23.7 Å². The molecule has 1 aliphatic rings. The zero-order valence-corrected chi connectivity index (χ0v) is 5.37. The van der Waals surface area contributed by atoms with Crippen LogP contribution in [-0.4, -0.2) is 12.7 Å². The fraction of sp³-hybridized carbons (Fsp3) is 0.333. The van der Waals surface area contributed by atoms with Gasteiger partial charge in [-0.1, -0.05) is 6.08 Å². The van der Waals surface area contributed by atoms with Crippen molar-refractivity contribution in [3.8, 4) is 0 Å². The van der Waals surface area contributed by atoms with Gasteiger partial charge in [-0.3, -0.25) is 0 Å². The molecule has 1 nitrogen and oxygen atoms in total. The van der Waals surface area contributed by atoms with Crippen LogP contribution in [0.2, 0.25) is 0 Å². The highest BCUT2D eigenvalue weighted by Crippen LogP contribution is 2.28. The van der Waals surface area contributed by atoms with E-state index >= 15 is 0 Å². The van der Waals surface area contributed by atoms with Gasteiger partial charge in [-0.25, -0.2) is 4.39 Å². The maximum atomic E-state index is 12.4. The molecule has 1 rings (SSSR count). The van der Waals surface area contributed by atoms with Crippen LogP contribution in [-0.2, 0) is 0 Å². The van der Waals surface area contributed by atoms with Crippen molar-refractivity contribution in [3.05, 3.63) is 23.7 Å². The van der Waals surface area contributed by atoms with E-state index in [9.17, 15) is 17.6 Å². The van der Waals surface area contributed by atoms with Gasteiger partial charge in [-0.15, -0.1) is 0 Å². The van der Waals surface area contributed by atoms with Crippen molar-refractivity contribution in [3.63, 3.8) is 0 Å². The lowest BCUT2D eigenvalue weighted by atomic mass is 10.2. The van der Waals surface area contributed by atoms with Gasteiger partial charge in [0.05, 0.1) is 0 Å². The van der Waals surface area contributed by atoms with E-state index in [2.05, 4.69) is 0 Å². The van der Waals surface area contributed by atoms with Gasteiger partial charge in [0.2, 0.25) is 0 Å². The number of nitrogens with one attached hydrogen (secondary N) is 1. The first-order chi connectivity index (χ1) is 5.02. The first kappa shape index (κ1) is 8.10. The molecule has 5 heteroatoms. The van der Waals surface area contributed by atoms with E-state index in [4.69, 9.17) is 0 Å². The Kier molecular flexibility index (Phi) is 1.89. The van der Waals surface area contributed by atoms with Gasteiger partial charge in [0.15, 0.2) is 11.5 Å². The summed E-state index contributed by atoms with van der Waals surface area (Å²) < 4.78 is 47.7. The van der Waals surface area contributed by atoms with Crippen LogP contribution in [0.3, 0.4) is 0 Å². The highest BCUT2D eigenvalue weighted by Gasteiger charge is 2.37.